The lowest BCUT2D eigenvalue weighted by molar-refractivity contribution is 0.253. The predicted octanol–water partition coefficient (Wildman–Crippen LogP) is 2.74. The van der Waals surface area contributed by atoms with Gasteiger partial charge in [-0.15, -0.1) is 24.8 Å². The lowest BCUT2D eigenvalue weighted by Crippen LogP contribution is -2.24. The van der Waals surface area contributed by atoms with Crippen molar-refractivity contribution >= 4 is 24.8 Å². The molecule has 0 unspecified atom stereocenters. The Morgan fingerprint density at radius 2 is 2.18 bits per heavy atom. The van der Waals surface area contributed by atoms with Gasteiger partial charge < -0.3 is 15.0 Å². The van der Waals surface area contributed by atoms with E-state index in [0.29, 0.717) is 0 Å². The second kappa shape index (κ2) is 7.92. The zero-order chi connectivity index (χ0) is 14.1. The van der Waals surface area contributed by atoms with Crippen molar-refractivity contribution in [2.45, 2.75) is 25.4 Å². The molecule has 2 N–H and O–H groups in total. The van der Waals surface area contributed by atoms with Crippen LogP contribution in [-0.4, -0.2) is 33.9 Å². The summed E-state index contributed by atoms with van der Waals surface area (Å²) in [7, 11) is 0. The second-order valence-corrected chi connectivity index (χ2v) is 5.29. The number of aromatic nitrogens is 2. The zero-order valence-electron chi connectivity index (χ0n) is 12.2. The van der Waals surface area contributed by atoms with E-state index in [1.807, 2.05) is 13.1 Å². The van der Waals surface area contributed by atoms with E-state index in [0.717, 1.165) is 29.9 Å². The number of nitrogens with one attached hydrogen (secondary N) is 1. The van der Waals surface area contributed by atoms with E-state index >= 15 is 0 Å². The minimum atomic E-state index is -0.229. The van der Waals surface area contributed by atoms with Crippen LogP contribution in [0.3, 0.4) is 0 Å². The maximum Gasteiger partial charge on any atom is 0.140 e. The van der Waals surface area contributed by atoms with Gasteiger partial charge in [0, 0.05) is 36.6 Å². The molecule has 0 spiro atoms. The van der Waals surface area contributed by atoms with Gasteiger partial charge in [-0.05, 0) is 37.1 Å². The fourth-order valence-corrected chi connectivity index (χ4v) is 2.84. The Balaban J connectivity index is 0.00000121. The summed E-state index contributed by atoms with van der Waals surface area (Å²) < 4.78 is 15.3. The molecule has 2 heterocycles. The number of imidazole rings is 1. The quantitative estimate of drug-likeness (QED) is 0.897. The molecular formula is C15H20Cl2FN3O. The van der Waals surface area contributed by atoms with Crippen LogP contribution in [0.15, 0.2) is 30.6 Å². The molecule has 22 heavy (non-hydrogen) atoms. The Bertz CT molecular complexity index is 621. The molecule has 0 radical (unpaired) electrons. The van der Waals surface area contributed by atoms with Crippen molar-refractivity contribution in [1.82, 2.24) is 14.9 Å². The van der Waals surface area contributed by atoms with Gasteiger partial charge in [0.15, 0.2) is 0 Å². The molecule has 0 aliphatic carbocycles. The monoisotopic (exact) mass is 347 g/mol. The van der Waals surface area contributed by atoms with Crippen LogP contribution >= 0.6 is 24.8 Å². The highest BCUT2D eigenvalue weighted by molar-refractivity contribution is 5.85. The van der Waals surface area contributed by atoms with Crippen LogP contribution < -0.4 is 5.32 Å². The molecule has 1 aromatic carbocycles. The smallest absolute Gasteiger partial charge is 0.140 e. The van der Waals surface area contributed by atoms with E-state index in [1.165, 1.54) is 12.1 Å². The lowest BCUT2D eigenvalue weighted by Gasteiger charge is -2.16. The molecule has 2 atom stereocenters. The number of halogens is 3. The number of aliphatic hydroxyl groups is 1. The largest absolute Gasteiger partial charge is 0.395 e. The van der Waals surface area contributed by atoms with Crippen molar-refractivity contribution in [1.29, 1.82) is 0 Å². The Hall–Kier alpha value is -1.14. The van der Waals surface area contributed by atoms with E-state index in [1.54, 1.807) is 12.3 Å². The molecule has 1 aliphatic rings. The van der Waals surface area contributed by atoms with Crippen molar-refractivity contribution in [2.75, 3.05) is 13.2 Å². The summed E-state index contributed by atoms with van der Waals surface area (Å²) >= 11 is 0. The molecule has 0 amide bonds. The Kier molecular flexibility index (Phi) is 6.81. The maximum atomic E-state index is 13.2. The summed E-state index contributed by atoms with van der Waals surface area (Å²) in [6, 6.07) is 5.18. The van der Waals surface area contributed by atoms with E-state index < -0.39 is 0 Å². The van der Waals surface area contributed by atoms with Crippen molar-refractivity contribution in [3.8, 4) is 11.4 Å². The zero-order valence-corrected chi connectivity index (χ0v) is 13.8. The Labute approximate surface area is 141 Å². The summed E-state index contributed by atoms with van der Waals surface area (Å²) in [5.41, 5.74) is 1.82. The highest BCUT2D eigenvalue weighted by Crippen LogP contribution is 2.28. The summed E-state index contributed by atoms with van der Waals surface area (Å²) in [5.74, 6) is 0.625. The number of aryl methyl sites for hydroxylation is 1. The van der Waals surface area contributed by atoms with Gasteiger partial charge in [-0.2, -0.15) is 0 Å². The molecular weight excluding hydrogens is 328 g/mol. The molecule has 2 aromatic rings. The Morgan fingerprint density at radius 3 is 2.82 bits per heavy atom. The molecule has 0 saturated carbocycles. The first-order chi connectivity index (χ1) is 9.69. The summed E-state index contributed by atoms with van der Waals surface area (Å²) in [5, 5.41) is 12.5. The predicted molar refractivity (Wildman–Crippen MR) is 89.4 cm³/mol. The molecule has 3 rings (SSSR count). The number of hydrogen-bond donors (Lipinski definition) is 2. The van der Waals surface area contributed by atoms with Crippen LogP contribution in [0.5, 0.6) is 0 Å². The highest BCUT2D eigenvalue weighted by Gasteiger charge is 2.26. The fourth-order valence-electron chi connectivity index (χ4n) is 2.84. The topological polar surface area (TPSA) is 50.1 Å². The van der Waals surface area contributed by atoms with E-state index in [9.17, 15) is 9.50 Å². The molecule has 7 heteroatoms. The van der Waals surface area contributed by atoms with Gasteiger partial charge in [0.05, 0.1) is 6.61 Å². The number of benzene rings is 1. The minimum Gasteiger partial charge on any atom is -0.395 e. The van der Waals surface area contributed by atoms with Crippen LogP contribution in [0.2, 0.25) is 0 Å². The molecule has 1 saturated heterocycles. The van der Waals surface area contributed by atoms with Crippen molar-refractivity contribution in [2.24, 2.45) is 0 Å². The summed E-state index contributed by atoms with van der Waals surface area (Å²) in [6.07, 6.45) is 4.59. The van der Waals surface area contributed by atoms with Gasteiger partial charge >= 0.3 is 0 Å². The normalized spacial score (nSPS) is 20.3. The van der Waals surface area contributed by atoms with Gasteiger partial charge in [-0.3, -0.25) is 0 Å². The summed E-state index contributed by atoms with van der Waals surface area (Å²) in [6.45, 7) is 2.85. The van der Waals surface area contributed by atoms with Crippen LogP contribution in [0.1, 0.15) is 18.0 Å². The molecule has 4 nitrogen and oxygen atoms in total. The summed E-state index contributed by atoms with van der Waals surface area (Å²) in [4.78, 5) is 4.42. The van der Waals surface area contributed by atoms with Gasteiger partial charge in [0.1, 0.15) is 11.6 Å². The van der Waals surface area contributed by atoms with Gasteiger partial charge in [0.25, 0.3) is 0 Å². The fraction of sp³-hybridized carbons (Fsp3) is 0.400. The number of nitrogens with zero attached hydrogens (tertiary/aromatic N) is 2. The van der Waals surface area contributed by atoms with E-state index in [-0.39, 0.29) is 49.3 Å². The van der Waals surface area contributed by atoms with Gasteiger partial charge in [-0.25, -0.2) is 9.37 Å². The van der Waals surface area contributed by atoms with Crippen LogP contribution in [0.25, 0.3) is 11.4 Å². The second-order valence-electron chi connectivity index (χ2n) is 5.29. The number of aliphatic hydroxyl groups excluding tert-OH is 1. The van der Waals surface area contributed by atoms with Crippen molar-refractivity contribution in [3.05, 3.63) is 42.0 Å². The molecule has 122 valence electrons. The van der Waals surface area contributed by atoms with E-state index in [4.69, 9.17) is 0 Å². The number of rotatable bonds is 3. The number of hydrogen-bond acceptors (Lipinski definition) is 3. The molecule has 1 aliphatic heterocycles. The standard InChI is InChI=1S/C15H18FN3O.2ClH/c1-10-6-11(16)2-3-14(10)15-17-4-5-19(15)13-7-12(9-20)18-8-13;;/h2-6,12-13,18,20H,7-9H2,1H3;2*1H/t12-,13+;;/m0../s1. The van der Waals surface area contributed by atoms with E-state index in [2.05, 4.69) is 14.9 Å². The van der Waals surface area contributed by atoms with Gasteiger partial charge in [-0.1, -0.05) is 0 Å². The third-order valence-corrected chi connectivity index (χ3v) is 3.91. The molecule has 0 bridgehead atoms. The lowest BCUT2D eigenvalue weighted by atomic mass is 10.1. The molecule has 1 aromatic heterocycles. The SMILES string of the molecule is Cc1cc(F)ccc1-c1nccn1[C@H]1CN[C@H](CO)C1.Cl.Cl. The molecule has 1 fully saturated rings. The minimum absolute atomic E-state index is 0. The van der Waals surface area contributed by atoms with Crippen molar-refractivity contribution < 1.29 is 9.50 Å². The van der Waals surface area contributed by atoms with Crippen LogP contribution in [0, 0.1) is 12.7 Å². The Morgan fingerprint density at radius 1 is 1.41 bits per heavy atom. The van der Waals surface area contributed by atoms with Crippen molar-refractivity contribution in [3.63, 3.8) is 0 Å². The highest BCUT2D eigenvalue weighted by atomic mass is 35.5. The van der Waals surface area contributed by atoms with Crippen LogP contribution in [-0.2, 0) is 0 Å². The third-order valence-electron chi connectivity index (χ3n) is 3.91. The first-order valence-electron chi connectivity index (χ1n) is 6.82. The maximum absolute atomic E-state index is 13.2. The first kappa shape index (κ1) is 18.9. The average molecular weight is 348 g/mol. The average Bonchev–Trinajstić information content (AvgIpc) is 3.06. The first-order valence-corrected chi connectivity index (χ1v) is 6.82. The van der Waals surface area contributed by atoms with Gasteiger partial charge in [0.2, 0.25) is 0 Å². The van der Waals surface area contributed by atoms with Crippen LogP contribution in [0.4, 0.5) is 4.39 Å². The third kappa shape index (κ3) is 3.60.